The lowest BCUT2D eigenvalue weighted by Crippen LogP contribution is -2.05. The van der Waals surface area contributed by atoms with Gasteiger partial charge >= 0.3 is 0 Å². The number of nitrogens with two attached hydrogens (primary N) is 1. The third kappa shape index (κ3) is 4.40. The van der Waals surface area contributed by atoms with Crippen LogP contribution in [0.25, 0.3) is 0 Å². The Kier molecular flexibility index (Phi) is 4.42. The third-order valence-corrected chi connectivity index (χ3v) is 4.80. The summed E-state index contributed by atoms with van der Waals surface area (Å²) >= 11 is 4.72. The van der Waals surface area contributed by atoms with E-state index in [9.17, 15) is 8.42 Å². The Morgan fingerprint density at radius 1 is 1.53 bits per heavy atom. The molecule has 0 aliphatic rings. The van der Waals surface area contributed by atoms with Gasteiger partial charge in [0.1, 0.15) is 9.84 Å². The standard InChI is InChI=1S/C8H11BrN2O2S2/c1-15(12,13)3-2-14-8-6(9)4-11-5-7(8)10/h4-5H,2-3,10H2,1H3. The van der Waals surface area contributed by atoms with E-state index < -0.39 is 9.84 Å². The zero-order valence-electron chi connectivity index (χ0n) is 8.10. The van der Waals surface area contributed by atoms with Crippen molar-refractivity contribution in [2.75, 3.05) is 23.5 Å². The highest BCUT2D eigenvalue weighted by atomic mass is 79.9. The van der Waals surface area contributed by atoms with Crippen molar-refractivity contribution in [3.63, 3.8) is 0 Å². The Labute approximate surface area is 102 Å². The van der Waals surface area contributed by atoms with Crippen molar-refractivity contribution in [3.05, 3.63) is 16.9 Å². The van der Waals surface area contributed by atoms with Gasteiger partial charge in [-0.05, 0) is 15.9 Å². The molecule has 1 aromatic heterocycles. The predicted octanol–water partition coefficient (Wildman–Crippen LogP) is 1.56. The summed E-state index contributed by atoms with van der Waals surface area (Å²) in [5.41, 5.74) is 6.27. The average molecular weight is 311 g/mol. The molecule has 0 saturated heterocycles. The zero-order chi connectivity index (χ0) is 11.5. The number of pyridine rings is 1. The van der Waals surface area contributed by atoms with Gasteiger partial charge in [0.25, 0.3) is 0 Å². The summed E-state index contributed by atoms with van der Waals surface area (Å²) in [6.07, 6.45) is 4.41. The summed E-state index contributed by atoms with van der Waals surface area (Å²) in [7, 11) is -2.91. The molecule has 1 aromatic rings. The second kappa shape index (κ2) is 5.18. The van der Waals surface area contributed by atoms with Crippen LogP contribution in [0.3, 0.4) is 0 Å². The van der Waals surface area contributed by atoms with Crippen molar-refractivity contribution >= 4 is 43.2 Å². The van der Waals surface area contributed by atoms with Crippen LogP contribution in [-0.4, -0.2) is 31.2 Å². The molecule has 84 valence electrons. The van der Waals surface area contributed by atoms with Gasteiger partial charge in [0.05, 0.1) is 22.1 Å². The van der Waals surface area contributed by atoms with Gasteiger partial charge in [-0.25, -0.2) is 8.42 Å². The van der Waals surface area contributed by atoms with Crippen LogP contribution in [0.4, 0.5) is 5.69 Å². The topological polar surface area (TPSA) is 73.0 Å². The minimum atomic E-state index is -2.91. The summed E-state index contributed by atoms with van der Waals surface area (Å²) in [4.78, 5) is 4.74. The summed E-state index contributed by atoms with van der Waals surface area (Å²) in [6.45, 7) is 0. The summed E-state index contributed by atoms with van der Waals surface area (Å²) in [6, 6.07) is 0. The van der Waals surface area contributed by atoms with E-state index in [4.69, 9.17) is 5.73 Å². The first kappa shape index (κ1) is 12.8. The minimum absolute atomic E-state index is 0.145. The summed E-state index contributed by atoms with van der Waals surface area (Å²) in [5, 5.41) is 0. The minimum Gasteiger partial charge on any atom is -0.397 e. The van der Waals surface area contributed by atoms with Crippen LogP contribution in [0, 0.1) is 0 Å². The maximum absolute atomic E-state index is 10.9. The molecule has 1 heterocycles. The fourth-order valence-corrected chi connectivity index (χ4v) is 3.73. The van der Waals surface area contributed by atoms with Gasteiger partial charge in [-0.3, -0.25) is 4.98 Å². The van der Waals surface area contributed by atoms with Crippen molar-refractivity contribution in [3.8, 4) is 0 Å². The molecule has 0 fully saturated rings. The average Bonchev–Trinajstić information content (AvgIpc) is 2.08. The number of aromatic nitrogens is 1. The lowest BCUT2D eigenvalue weighted by molar-refractivity contribution is 0.603. The molecule has 0 aliphatic carbocycles. The third-order valence-electron chi connectivity index (χ3n) is 1.58. The van der Waals surface area contributed by atoms with E-state index in [2.05, 4.69) is 20.9 Å². The molecule has 2 N–H and O–H groups in total. The number of halogens is 1. The van der Waals surface area contributed by atoms with Crippen LogP contribution >= 0.6 is 27.7 Å². The number of nitrogen functional groups attached to an aromatic ring is 1. The molecule has 1 rings (SSSR count). The number of nitrogens with zero attached hydrogens (tertiary/aromatic N) is 1. The Morgan fingerprint density at radius 3 is 2.73 bits per heavy atom. The normalized spacial score (nSPS) is 11.6. The number of anilines is 1. The van der Waals surface area contributed by atoms with Crippen molar-refractivity contribution in [1.82, 2.24) is 4.98 Å². The van der Waals surface area contributed by atoms with E-state index in [1.54, 1.807) is 12.4 Å². The lowest BCUT2D eigenvalue weighted by atomic mass is 10.4. The molecule has 15 heavy (non-hydrogen) atoms. The van der Waals surface area contributed by atoms with E-state index in [0.29, 0.717) is 11.4 Å². The molecular formula is C8H11BrN2O2S2. The smallest absolute Gasteiger partial charge is 0.148 e. The molecule has 0 unspecified atom stereocenters. The monoisotopic (exact) mass is 310 g/mol. The molecule has 0 radical (unpaired) electrons. The van der Waals surface area contributed by atoms with Crippen molar-refractivity contribution in [2.24, 2.45) is 0 Å². The molecule has 0 amide bonds. The molecule has 0 saturated carbocycles. The Bertz CT molecular complexity index is 428. The van der Waals surface area contributed by atoms with Gasteiger partial charge in [0, 0.05) is 23.1 Å². The fraction of sp³-hybridized carbons (Fsp3) is 0.375. The predicted molar refractivity (Wildman–Crippen MR) is 66.8 cm³/mol. The van der Waals surface area contributed by atoms with E-state index in [0.717, 1.165) is 9.37 Å². The molecule has 0 atom stereocenters. The van der Waals surface area contributed by atoms with Crippen LogP contribution in [0.1, 0.15) is 0 Å². The summed E-state index contributed by atoms with van der Waals surface area (Å²) < 4.78 is 22.6. The molecular weight excluding hydrogens is 300 g/mol. The highest BCUT2D eigenvalue weighted by molar-refractivity contribution is 9.10. The zero-order valence-corrected chi connectivity index (χ0v) is 11.3. The largest absolute Gasteiger partial charge is 0.397 e. The van der Waals surface area contributed by atoms with Crippen molar-refractivity contribution in [1.29, 1.82) is 0 Å². The highest BCUT2D eigenvalue weighted by Crippen LogP contribution is 2.31. The molecule has 7 heteroatoms. The van der Waals surface area contributed by atoms with Gasteiger partial charge in [0.2, 0.25) is 0 Å². The Morgan fingerprint density at radius 2 is 2.20 bits per heavy atom. The molecule has 0 bridgehead atoms. The maximum atomic E-state index is 10.9. The van der Waals surface area contributed by atoms with E-state index in [-0.39, 0.29) is 5.75 Å². The first-order valence-electron chi connectivity index (χ1n) is 4.09. The van der Waals surface area contributed by atoms with E-state index in [1.807, 2.05) is 0 Å². The van der Waals surface area contributed by atoms with Crippen molar-refractivity contribution in [2.45, 2.75) is 4.90 Å². The Hall–Kier alpha value is -0.270. The molecule has 0 aromatic carbocycles. The SMILES string of the molecule is CS(=O)(=O)CCSc1c(N)cncc1Br. The number of thioether (sulfide) groups is 1. The highest BCUT2D eigenvalue weighted by Gasteiger charge is 2.07. The number of rotatable bonds is 4. The fourth-order valence-electron chi connectivity index (χ4n) is 0.886. The van der Waals surface area contributed by atoms with Gasteiger partial charge < -0.3 is 5.73 Å². The van der Waals surface area contributed by atoms with Gasteiger partial charge in [0.15, 0.2) is 0 Å². The number of hydrogen-bond acceptors (Lipinski definition) is 5. The molecule has 0 spiro atoms. The van der Waals surface area contributed by atoms with Gasteiger partial charge in [-0.15, -0.1) is 11.8 Å². The molecule has 0 aliphatic heterocycles. The second-order valence-electron chi connectivity index (χ2n) is 3.02. The Balaban J connectivity index is 2.66. The van der Waals surface area contributed by atoms with E-state index in [1.165, 1.54) is 18.0 Å². The van der Waals surface area contributed by atoms with Crippen LogP contribution < -0.4 is 5.73 Å². The van der Waals surface area contributed by atoms with Crippen LogP contribution in [0.2, 0.25) is 0 Å². The van der Waals surface area contributed by atoms with Gasteiger partial charge in [-0.1, -0.05) is 0 Å². The number of sulfone groups is 1. The van der Waals surface area contributed by atoms with Crippen LogP contribution in [-0.2, 0) is 9.84 Å². The van der Waals surface area contributed by atoms with Crippen LogP contribution in [0.15, 0.2) is 21.8 Å². The van der Waals surface area contributed by atoms with Crippen molar-refractivity contribution < 1.29 is 8.42 Å². The quantitative estimate of drug-likeness (QED) is 0.854. The first-order valence-corrected chi connectivity index (χ1v) is 7.93. The second-order valence-corrected chi connectivity index (χ2v) is 7.24. The number of hydrogen-bond donors (Lipinski definition) is 1. The van der Waals surface area contributed by atoms with Gasteiger partial charge in [-0.2, -0.15) is 0 Å². The molecule has 4 nitrogen and oxygen atoms in total. The van der Waals surface area contributed by atoms with E-state index >= 15 is 0 Å². The summed E-state index contributed by atoms with van der Waals surface area (Å²) in [5.74, 6) is 0.636. The van der Waals surface area contributed by atoms with Crippen LogP contribution in [0.5, 0.6) is 0 Å². The maximum Gasteiger partial charge on any atom is 0.148 e. The first-order chi connectivity index (χ1) is 6.90. The lowest BCUT2D eigenvalue weighted by Gasteiger charge is -2.06.